The third-order valence-electron chi connectivity index (χ3n) is 4.05. The van der Waals surface area contributed by atoms with Gasteiger partial charge in [0.15, 0.2) is 0 Å². The van der Waals surface area contributed by atoms with Crippen LogP contribution in [0.2, 0.25) is 0 Å². The zero-order chi connectivity index (χ0) is 15.5. The highest BCUT2D eigenvalue weighted by atomic mass is 16.5. The van der Waals surface area contributed by atoms with Crippen molar-refractivity contribution >= 4 is 11.8 Å². The van der Waals surface area contributed by atoms with Crippen molar-refractivity contribution in [3.63, 3.8) is 0 Å². The Labute approximate surface area is 129 Å². The van der Waals surface area contributed by atoms with Gasteiger partial charge in [-0.1, -0.05) is 18.2 Å². The van der Waals surface area contributed by atoms with Gasteiger partial charge in [0.05, 0.1) is 19.8 Å². The van der Waals surface area contributed by atoms with Crippen LogP contribution < -0.4 is 10.1 Å². The lowest BCUT2D eigenvalue weighted by molar-refractivity contribution is -0.147. The Morgan fingerprint density at radius 2 is 2.18 bits per heavy atom. The van der Waals surface area contributed by atoms with E-state index in [9.17, 15) is 9.59 Å². The molecule has 6 nitrogen and oxygen atoms in total. The summed E-state index contributed by atoms with van der Waals surface area (Å²) in [5.74, 6) is 0.593. The lowest BCUT2D eigenvalue weighted by Gasteiger charge is -2.33. The number of morpholine rings is 1. The monoisotopic (exact) mass is 304 g/mol. The maximum absolute atomic E-state index is 12.3. The predicted octanol–water partition coefficient (Wildman–Crippen LogP) is 0.354. The largest absolute Gasteiger partial charge is 0.488 e. The van der Waals surface area contributed by atoms with Gasteiger partial charge in [-0.2, -0.15) is 0 Å². The van der Waals surface area contributed by atoms with E-state index in [-0.39, 0.29) is 24.5 Å². The summed E-state index contributed by atoms with van der Waals surface area (Å²) in [6.07, 6.45) is 0.727. The third-order valence-corrected chi connectivity index (χ3v) is 4.05. The van der Waals surface area contributed by atoms with Crippen LogP contribution in [0.4, 0.5) is 0 Å². The molecule has 2 atom stereocenters. The summed E-state index contributed by atoms with van der Waals surface area (Å²) in [7, 11) is 0. The molecule has 0 radical (unpaired) electrons. The van der Waals surface area contributed by atoms with Crippen LogP contribution in [0.25, 0.3) is 0 Å². The Morgan fingerprint density at radius 3 is 2.95 bits per heavy atom. The molecule has 0 aromatic heterocycles. The van der Waals surface area contributed by atoms with Crippen molar-refractivity contribution < 1.29 is 19.1 Å². The molecule has 0 aliphatic carbocycles. The first-order chi connectivity index (χ1) is 10.6. The van der Waals surface area contributed by atoms with Crippen molar-refractivity contribution in [2.45, 2.75) is 25.5 Å². The molecular formula is C16H20N2O4. The topological polar surface area (TPSA) is 67.9 Å². The number of carbonyl (C=O) groups excluding carboxylic acids is 2. The van der Waals surface area contributed by atoms with Crippen LogP contribution in [0.1, 0.15) is 12.5 Å². The molecule has 2 aliphatic rings. The molecule has 0 unspecified atom stereocenters. The van der Waals surface area contributed by atoms with Crippen molar-refractivity contribution in [1.82, 2.24) is 10.2 Å². The molecule has 1 saturated heterocycles. The number of rotatable bonds is 3. The maximum Gasteiger partial charge on any atom is 0.245 e. The average molecular weight is 304 g/mol. The van der Waals surface area contributed by atoms with Crippen molar-refractivity contribution in [3.8, 4) is 5.75 Å². The number of fused-ring (bicyclic) bond motifs is 1. The molecule has 2 heterocycles. The number of ether oxygens (including phenoxy) is 2. The minimum Gasteiger partial charge on any atom is -0.488 e. The molecule has 1 fully saturated rings. The first-order valence-corrected chi connectivity index (χ1v) is 7.52. The molecule has 1 aromatic carbocycles. The molecular weight excluding hydrogens is 284 g/mol. The minimum atomic E-state index is -0.546. The van der Waals surface area contributed by atoms with Crippen LogP contribution in [-0.2, 0) is 20.7 Å². The van der Waals surface area contributed by atoms with Crippen LogP contribution in [0.15, 0.2) is 24.3 Å². The van der Waals surface area contributed by atoms with Crippen molar-refractivity contribution in [2.75, 3.05) is 26.3 Å². The molecule has 6 heteroatoms. The fourth-order valence-electron chi connectivity index (χ4n) is 2.90. The highest BCUT2D eigenvalue weighted by Gasteiger charge is 2.32. The molecule has 1 N–H and O–H groups in total. The third kappa shape index (κ3) is 3.06. The van der Waals surface area contributed by atoms with E-state index in [1.807, 2.05) is 24.3 Å². The standard InChI is InChI=1S/C16H20N2O4/c1-11(19)18-6-7-21-10-14(18)16(20)17-9-13-8-12-4-2-3-5-15(12)22-13/h2-5,13-14H,6-10H2,1H3,(H,17,20)/t13-,14+/m1/s1. The van der Waals surface area contributed by atoms with E-state index >= 15 is 0 Å². The van der Waals surface area contributed by atoms with Crippen LogP contribution in [0.3, 0.4) is 0 Å². The molecule has 0 spiro atoms. The fourth-order valence-corrected chi connectivity index (χ4v) is 2.90. The Balaban J connectivity index is 1.53. The second-order valence-corrected chi connectivity index (χ2v) is 5.60. The molecule has 2 aliphatic heterocycles. The van der Waals surface area contributed by atoms with Gasteiger partial charge in [0.1, 0.15) is 17.9 Å². The predicted molar refractivity (Wildman–Crippen MR) is 79.6 cm³/mol. The van der Waals surface area contributed by atoms with E-state index < -0.39 is 6.04 Å². The summed E-state index contributed by atoms with van der Waals surface area (Å²) in [6.45, 7) is 3.08. The van der Waals surface area contributed by atoms with Crippen LogP contribution in [0.5, 0.6) is 5.75 Å². The van der Waals surface area contributed by atoms with Gasteiger partial charge in [0.2, 0.25) is 11.8 Å². The Morgan fingerprint density at radius 1 is 1.36 bits per heavy atom. The van der Waals surface area contributed by atoms with E-state index in [1.165, 1.54) is 6.92 Å². The van der Waals surface area contributed by atoms with Gasteiger partial charge in [-0.25, -0.2) is 0 Å². The fraction of sp³-hybridized carbons (Fsp3) is 0.500. The second-order valence-electron chi connectivity index (χ2n) is 5.60. The van der Waals surface area contributed by atoms with Crippen LogP contribution in [-0.4, -0.2) is 55.2 Å². The van der Waals surface area contributed by atoms with Gasteiger partial charge >= 0.3 is 0 Å². The van der Waals surface area contributed by atoms with Gasteiger partial charge < -0.3 is 19.7 Å². The number of hydrogen-bond donors (Lipinski definition) is 1. The van der Waals surface area contributed by atoms with Gasteiger partial charge in [0, 0.05) is 19.9 Å². The molecule has 1 aromatic rings. The number of amides is 2. The van der Waals surface area contributed by atoms with Crippen molar-refractivity contribution in [2.24, 2.45) is 0 Å². The quantitative estimate of drug-likeness (QED) is 0.875. The summed E-state index contributed by atoms with van der Waals surface area (Å²) in [4.78, 5) is 25.4. The minimum absolute atomic E-state index is 0.0587. The molecule has 0 saturated carbocycles. The summed E-state index contributed by atoms with van der Waals surface area (Å²) >= 11 is 0. The highest BCUT2D eigenvalue weighted by molar-refractivity contribution is 5.87. The molecule has 118 valence electrons. The summed E-state index contributed by atoms with van der Waals surface area (Å²) in [5.41, 5.74) is 1.16. The molecule has 22 heavy (non-hydrogen) atoms. The SMILES string of the molecule is CC(=O)N1CCOC[C@H]1C(=O)NC[C@H]1Cc2ccccc2O1. The summed E-state index contributed by atoms with van der Waals surface area (Å²) < 4.78 is 11.1. The number of hydrogen-bond acceptors (Lipinski definition) is 4. The normalized spacial score (nSPS) is 23.6. The smallest absolute Gasteiger partial charge is 0.245 e. The van der Waals surface area contributed by atoms with E-state index in [0.717, 1.165) is 17.7 Å². The molecule has 2 amide bonds. The average Bonchev–Trinajstić information content (AvgIpc) is 2.95. The van der Waals surface area contributed by atoms with Crippen molar-refractivity contribution in [1.29, 1.82) is 0 Å². The Kier molecular flexibility index (Phi) is 4.29. The van der Waals surface area contributed by atoms with Gasteiger partial charge in [-0.3, -0.25) is 9.59 Å². The molecule has 3 rings (SSSR count). The number of nitrogens with one attached hydrogen (secondary N) is 1. The number of carbonyl (C=O) groups is 2. The van der Waals surface area contributed by atoms with E-state index in [2.05, 4.69) is 5.32 Å². The molecule has 0 bridgehead atoms. The first kappa shape index (κ1) is 14.8. The van der Waals surface area contributed by atoms with Crippen molar-refractivity contribution in [3.05, 3.63) is 29.8 Å². The first-order valence-electron chi connectivity index (χ1n) is 7.52. The second kappa shape index (κ2) is 6.36. The Bertz CT molecular complexity index is 550. The Hall–Kier alpha value is -2.08. The van der Waals surface area contributed by atoms with Gasteiger partial charge in [0.25, 0.3) is 0 Å². The number of para-hydroxylation sites is 1. The number of nitrogens with zero attached hydrogens (tertiary/aromatic N) is 1. The van der Waals surface area contributed by atoms with E-state index in [0.29, 0.717) is 19.7 Å². The number of benzene rings is 1. The van der Waals surface area contributed by atoms with Crippen LogP contribution in [0, 0.1) is 0 Å². The maximum atomic E-state index is 12.3. The lowest BCUT2D eigenvalue weighted by atomic mass is 10.1. The van der Waals surface area contributed by atoms with Crippen LogP contribution >= 0.6 is 0 Å². The van der Waals surface area contributed by atoms with E-state index in [4.69, 9.17) is 9.47 Å². The van der Waals surface area contributed by atoms with E-state index in [1.54, 1.807) is 4.90 Å². The van der Waals surface area contributed by atoms with Gasteiger partial charge in [-0.05, 0) is 11.6 Å². The van der Waals surface area contributed by atoms with Gasteiger partial charge in [-0.15, -0.1) is 0 Å². The zero-order valence-electron chi connectivity index (χ0n) is 12.6. The summed E-state index contributed by atoms with van der Waals surface area (Å²) in [5, 5.41) is 2.88. The summed E-state index contributed by atoms with van der Waals surface area (Å²) in [6, 6.07) is 7.33. The zero-order valence-corrected chi connectivity index (χ0v) is 12.6. The highest BCUT2D eigenvalue weighted by Crippen LogP contribution is 2.27. The lowest BCUT2D eigenvalue weighted by Crippen LogP contribution is -2.56.